The molecule has 0 aromatic heterocycles. The summed E-state index contributed by atoms with van der Waals surface area (Å²) in [6.07, 6.45) is 0.883. The van der Waals surface area contributed by atoms with Crippen molar-refractivity contribution in [3.8, 4) is 0 Å². The summed E-state index contributed by atoms with van der Waals surface area (Å²) in [5.74, 6) is -0.204. The van der Waals surface area contributed by atoms with Crippen LogP contribution < -0.4 is 10.2 Å². The van der Waals surface area contributed by atoms with E-state index in [9.17, 15) is 9.59 Å². The molecule has 118 valence electrons. The predicted octanol–water partition coefficient (Wildman–Crippen LogP) is 2.69. The summed E-state index contributed by atoms with van der Waals surface area (Å²) in [5, 5.41) is 3.50. The molecule has 5 nitrogen and oxygen atoms in total. The summed E-state index contributed by atoms with van der Waals surface area (Å²) < 4.78 is 0. The number of thioether (sulfide) groups is 1. The van der Waals surface area contributed by atoms with Crippen LogP contribution in [0.2, 0.25) is 5.02 Å². The second-order valence-corrected chi connectivity index (χ2v) is 6.55. The van der Waals surface area contributed by atoms with E-state index in [4.69, 9.17) is 11.6 Å². The van der Waals surface area contributed by atoms with Gasteiger partial charge in [0.05, 0.1) is 16.0 Å². The molecule has 1 aromatic carbocycles. The van der Waals surface area contributed by atoms with Gasteiger partial charge in [-0.2, -0.15) is 0 Å². The summed E-state index contributed by atoms with van der Waals surface area (Å²) in [7, 11) is 0. The first-order valence-corrected chi connectivity index (χ1v) is 8.36. The van der Waals surface area contributed by atoms with Gasteiger partial charge in [0, 0.05) is 6.54 Å². The predicted molar refractivity (Wildman–Crippen MR) is 91.6 cm³/mol. The summed E-state index contributed by atoms with van der Waals surface area (Å²) in [6, 6.07) is 7.11. The molecule has 0 fully saturated rings. The minimum atomic E-state index is -0.332. The number of benzene rings is 1. The average molecular weight is 340 g/mol. The second kappa shape index (κ2) is 7.65. The van der Waals surface area contributed by atoms with Crippen LogP contribution in [0.5, 0.6) is 0 Å². The van der Waals surface area contributed by atoms with Crippen molar-refractivity contribution in [2.75, 3.05) is 18.0 Å². The fourth-order valence-corrected chi connectivity index (χ4v) is 3.12. The Kier molecular flexibility index (Phi) is 5.85. The van der Waals surface area contributed by atoms with Crippen molar-refractivity contribution in [2.24, 2.45) is 4.99 Å². The van der Waals surface area contributed by atoms with Crippen LogP contribution in [0, 0.1) is 0 Å². The molecule has 1 atom stereocenters. The molecule has 2 rings (SSSR count). The number of amidine groups is 1. The summed E-state index contributed by atoms with van der Waals surface area (Å²) in [4.78, 5) is 29.8. The monoisotopic (exact) mass is 339 g/mol. The number of aliphatic imine (C=N–C) groups is 1. The van der Waals surface area contributed by atoms with Gasteiger partial charge in [0.1, 0.15) is 6.54 Å². The third-order valence-electron chi connectivity index (χ3n) is 3.08. The quantitative estimate of drug-likeness (QED) is 0.897. The Morgan fingerprint density at radius 2 is 2.23 bits per heavy atom. The van der Waals surface area contributed by atoms with Gasteiger partial charge in [0.2, 0.25) is 5.91 Å². The molecule has 0 aliphatic carbocycles. The molecule has 0 spiro atoms. The normalized spacial score (nSPS) is 15.7. The van der Waals surface area contributed by atoms with Gasteiger partial charge in [-0.05, 0) is 25.5 Å². The largest absolute Gasteiger partial charge is 0.355 e. The van der Waals surface area contributed by atoms with Gasteiger partial charge in [-0.25, -0.2) is 0 Å². The van der Waals surface area contributed by atoms with E-state index in [0.29, 0.717) is 22.4 Å². The van der Waals surface area contributed by atoms with Gasteiger partial charge < -0.3 is 5.32 Å². The Labute approximate surface area is 139 Å². The standard InChI is InChI=1S/C15H18ClN3O2S/c1-3-8-17-14(21)10(2)22-15-18-9-13(20)19(15)12-7-5-4-6-11(12)16/h4-7,10H,3,8-9H2,1-2H3,(H,17,21)/t10-/m1/s1. The van der Waals surface area contributed by atoms with E-state index < -0.39 is 0 Å². The van der Waals surface area contributed by atoms with E-state index in [0.717, 1.165) is 6.42 Å². The first-order chi connectivity index (χ1) is 10.5. The lowest BCUT2D eigenvalue weighted by atomic mass is 10.3. The van der Waals surface area contributed by atoms with Crippen molar-refractivity contribution in [2.45, 2.75) is 25.5 Å². The number of nitrogens with one attached hydrogen (secondary N) is 1. The maximum absolute atomic E-state index is 12.1. The molecular weight excluding hydrogens is 322 g/mol. The second-order valence-electron chi connectivity index (χ2n) is 4.83. The highest BCUT2D eigenvalue weighted by Crippen LogP contribution is 2.31. The Balaban J connectivity index is 2.12. The Hall–Kier alpha value is -1.53. The highest BCUT2D eigenvalue weighted by molar-refractivity contribution is 8.15. The number of carbonyl (C=O) groups is 2. The summed E-state index contributed by atoms with van der Waals surface area (Å²) in [6.45, 7) is 4.52. The van der Waals surface area contributed by atoms with Crippen LogP contribution in [0.15, 0.2) is 29.3 Å². The highest BCUT2D eigenvalue weighted by Gasteiger charge is 2.31. The van der Waals surface area contributed by atoms with Crippen molar-refractivity contribution >= 4 is 46.0 Å². The maximum Gasteiger partial charge on any atom is 0.254 e. The zero-order chi connectivity index (χ0) is 16.1. The number of hydrogen-bond acceptors (Lipinski definition) is 4. The molecular formula is C15H18ClN3O2S. The fraction of sp³-hybridized carbons (Fsp3) is 0.400. The first-order valence-electron chi connectivity index (χ1n) is 7.11. The van der Waals surface area contributed by atoms with Crippen LogP contribution in [0.1, 0.15) is 20.3 Å². The lowest BCUT2D eigenvalue weighted by molar-refractivity contribution is -0.120. The van der Waals surface area contributed by atoms with Crippen LogP contribution in [0.4, 0.5) is 5.69 Å². The topological polar surface area (TPSA) is 61.8 Å². The zero-order valence-corrected chi connectivity index (χ0v) is 14.1. The number of carbonyl (C=O) groups excluding carboxylic acids is 2. The van der Waals surface area contributed by atoms with Crippen molar-refractivity contribution in [3.63, 3.8) is 0 Å². The first kappa shape index (κ1) is 16.8. The van der Waals surface area contributed by atoms with Crippen molar-refractivity contribution in [3.05, 3.63) is 29.3 Å². The van der Waals surface area contributed by atoms with E-state index in [1.165, 1.54) is 16.7 Å². The summed E-state index contributed by atoms with van der Waals surface area (Å²) in [5.41, 5.74) is 0.596. The van der Waals surface area contributed by atoms with Gasteiger partial charge in [0.15, 0.2) is 5.17 Å². The number of halogens is 1. The molecule has 22 heavy (non-hydrogen) atoms. The van der Waals surface area contributed by atoms with Crippen LogP contribution in [-0.2, 0) is 9.59 Å². The van der Waals surface area contributed by atoms with E-state index in [1.807, 2.05) is 13.0 Å². The molecule has 0 unspecified atom stereocenters. The lowest BCUT2D eigenvalue weighted by Crippen LogP contribution is -2.36. The molecule has 1 aromatic rings. The lowest BCUT2D eigenvalue weighted by Gasteiger charge is -2.21. The van der Waals surface area contributed by atoms with Gasteiger partial charge in [-0.1, -0.05) is 42.4 Å². The van der Waals surface area contributed by atoms with Crippen molar-refractivity contribution in [1.29, 1.82) is 0 Å². The number of rotatable bonds is 5. The molecule has 1 aliphatic rings. The molecule has 0 radical (unpaired) electrons. The minimum Gasteiger partial charge on any atom is -0.355 e. The molecule has 0 bridgehead atoms. The number of para-hydroxylation sites is 1. The maximum atomic E-state index is 12.1. The van der Waals surface area contributed by atoms with Gasteiger partial charge >= 0.3 is 0 Å². The fourth-order valence-electron chi connectivity index (χ4n) is 1.95. The molecule has 1 heterocycles. The smallest absolute Gasteiger partial charge is 0.254 e. The third-order valence-corrected chi connectivity index (χ3v) is 4.49. The van der Waals surface area contributed by atoms with E-state index in [2.05, 4.69) is 10.3 Å². The molecule has 1 aliphatic heterocycles. The van der Waals surface area contributed by atoms with E-state index in [1.54, 1.807) is 25.1 Å². The number of hydrogen-bond donors (Lipinski definition) is 1. The van der Waals surface area contributed by atoms with E-state index in [-0.39, 0.29) is 23.6 Å². The average Bonchev–Trinajstić information content (AvgIpc) is 2.86. The van der Waals surface area contributed by atoms with Crippen molar-refractivity contribution < 1.29 is 9.59 Å². The molecule has 2 amide bonds. The highest BCUT2D eigenvalue weighted by atomic mass is 35.5. The van der Waals surface area contributed by atoms with Crippen LogP contribution in [-0.4, -0.2) is 35.3 Å². The third kappa shape index (κ3) is 3.81. The van der Waals surface area contributed by atoms with E-state index >= 15 is 0 Å². The van der Waals surface area contributed by atoms with Gasteiger partial charge in [0.25, 0.3) is 5.91 Å². The Morgan fingerprint density at radius 3 is 2.91 bits per heavy atom. The summed E-state index contributed by atoms with van der Waals surface area (Å²) >= 11 is 7.43. The number of nitrogens with zero attached hydrogens (tertiary/aromatic N) is 2. The molecule has 7 heteroatoms. The van der Waals surface area contributed by atoms with Crippen LogP contribution in [0.25, 0.3) is 0 Å². The zero-order valence-electron chi connectivity index (χ0n) is 12.5. The minimum absolute atomic E-state index is 0.0620. The Bertz CT molecular complexity index is 606. The van der Waals surface area contributed by atoms with Gasteiger partial charge in [-0.15, -0.1) is 0 Å². The van der Waals surface area contributed by atoms with Crippen molar-refractivity contribution in [1.82, 2.24) is 5.32 Å². The SMILES string of the molecule is CCCNC(=O)[C@@H](C)SC1=NCC(=O)N1c1ccccc1Cl. The number of anilines is 1. The molecule has 1 N–H and O–H groups in total. The molecule has 0 saturated heterocycles. The van der Waals surface area contributed by atoms with Gasteiger partial charge in [-0.3, -0.25) is 19.5 Å². The van der Waals surface area contributed by atoms with Crippen LogP contribution >= 0.6 is 23.4 Å². The van der Waals surface area contributed by atoms with Crippen LogP contribution in [0.3, 0.4) is 0 Å². The Morgan fingerprint density at radius 1 is 1.50 bits per heavy atom. The molecule has 0 saturated carbocycles. The number of amides is 2.